The van der Waals surface area contributed by atoms with E-state index in [-0.39, 0.29) is 5.69 Å². The molecule has 0 unspecified atom stereocenters. The summed E-state index contributed by atoms with van der Waals surface area (Å²) < 4.78 is 0. The van der Waals surface area contributed by atoms with Gasteiger partial charge in [0.15, 0.2) is 0 Å². The van der Waals surface area contributed by atoms with Gasteiger partial charge in [0, 0.05) is 5.69 Å². The van der Waals surface area contributed by atoms with Crippen LogP contribution in [-0.2, 0) is 19.4 Å². The molecule has 1 aliphatic carbocycles. The summed E-state index contributed by atoms with van der Waals surface area (Å²) in [7, 11) is 0. The molecule has 1 aromatic heterocycles. The summed E-state index contributed by atoms with van der Waals surface area (Å²) in [6.45, 7) is 0.539. The topological polar surface area (TPSA) is 62.2 Å². The molecule has 4 heteroatoms. The summed E-state index contributed by atoms with van der Waals surface area (Å²) in [5.41, 5.74) is 4.80. The second kappa shape index (κ2) is 5.95. The number of nitrogens with one attached hydrogen (secondary N) is 1. The molecule has 2 N–H and O–H groups in total. The Balaban J connectivity index is 1.76. The van der Waals surface area contributed by atoms with Crippen molar-refractivity contribution in [2.45, 2.75) is 32.2 Å². The number of pyridine rings is 1. The van der Waals surface area contributed by atoms with Crippen molar-refractivity contribution in [1.29, 1.82) is 0 Å². The van der Waals surface area contributed by atoms with Crippen molar-refractivity contribution in [3.63, 3.8) is 0 Å². The summed E-state index contributed by atoms with van der Waals surface area (Å²) >= 11 is 0. The number of nitrogens with zero attached hydrogens (tertiary/aromatic N) is 1. The minimum Gasteiger partial charge on any atom is -0.477 e. The highest BCUT2D eigenvalue weighted by Crippen LogP contribution is 2.28. The van der Waals surface area contributed by atoms with Crippen molar-refractivity contribution in [1.82, 2.24) is 4.98 Å². The molecule has 0 amide bonds. The molecule has 0 spiro atoms. The van der Waals surface area contributed by atoms with E-state index in [0.717, 1.165) is 24.2 Å². The van der Waals surface area contributed by atoms with Gasteiger partial charge < -0.3 is 10.4 Å². The Kier molecular flexibility index (Phi) is 3.86. The molecule has 2 aromatic rings. The third-order valence-corrected chi connectivity index (χ3v) is 3.88. The lowest BCUT2D eigenvalue weighted by atomic mass is 9.90. The van der Waals surface area contributed by atoms with Crippen LogP contribution in [0.15, 0.2) is 36.4 Å². The number of hydrogen-bond acceptors (Lipinski definition) is 3. The molecule has 0 saturated heterocycles. The number of carbonyl (C=O) groups is 1. The second-order valence-corrected chi connectivity index (χ2v) is 5.32. The minimum atomic E-state index is -0.992. The van der Waals surface area contributed by atoms with Crippen molar-refractivity contribution in [2.24, 2.45) is 0 Å². The van der Waals surface area contributed by atoms with Gasteiger partial charge in [0.2, 0.25) is 0 Å². The molecule has 3 rings (SSSR count). The summed E-state index contributed by atoms with van der Waals surface area (Å²) in [5, 5.41) is 12.4. The molecule has 0 atom stereocenters. The van der Waals surface area contributed by atoms with Gasteiger partial charge in [-0.25, -0.2) is 9.78 Å². The van der Waals surface area contributed by atoms with Gasteiger partial charge in [-0.05, 0) is 55.0 Å². The average Bonchev–Trinajstić information content (AvgIpc) is 2.53. The number of rotatable bonds is 4. The third kappa shape index (κ3) is 3.05. The quantitative estimate of drug-likeness (QED) is 0.903. The number of hydrogen-bond donors (Lipinski definition) is 2. The average molecular weight is 282 g/mol. The predicted octanol–water partition coefficient (Wildman–Crippen LogP) is 3.27. The minimum absolute atomic E-state index is 0.0874. The zero-order valence-electron chi connectivity index (χ0n) is 11.8. The van der Waals surface area contributed by atoms with Crippen LogP contribution >= 0.6 is 0 Å². The molecule has 0 fully saturated rings. The Labute approximate surface area is 123 Å². The zero-order chi connectivity index (χ0) is 14.7. The number of carboxylic acid groups (broad SMARTS) is 1. The molecule has 0 radical (unpaired) electrons. The molecule has 1 aromatic carbocycles. The summed E-state index contributed by atoms with van der Waals surface area (Å²) in [6.07, 6.45) is 4.76. The van der Waals surface area contributed by atoms with Crippen molar-refractivity contribution in [2.75, 3.05) is 5.32 Å². The molecular formula is C17H18N2O2. The van der Waals surface area contributed by atoms with Crippen LogP contribution in [0.25, 0.3) is 0 Å². The van der Waals surface area contributed by atoms with Crippen LogP contribution in [-0.4, -0.2) is 16.1 Å². The number of anilines is 1. The number of fused-ring (bicyclic) bond motifs is 1. The smallest absolute Gasteiger partial charge is 0.354 e. The first-order valence-electron chi connectivity index (χ1n) is 7.28. The van der Waals surface area contributed by atoms with E-state index in [9.17, 15) is 4.79 Å². The number of aromatic carboxylic acids is 1. The van der Waals surface area contributed by atoms with Gasteiger partial charge in [0.1, 0.15) is 5.69 Å². The lowest BCUT2D eigenvalue weighted by Crippen LogP contribution is -2.10. The van der Waals surface area contributed by atoms with Crippen molar-refractivity contribution < 1.29 is 9.90 Å². The largest absolute Gasteiger partial charge is 0.477 e. The first kappa shape index (κ1) is 13.6. The molecule has 108 valence electrons. The second-order valence-electron chi connectivity index (χ2n) is 5.32. The van der Waals surface area contributed by atoms with E-state index in [1.807, 2.05) is 6.07 Å². The normalized spacial score (nSPS) is 13.5. The van der Waals surface area contributed by atoms with Crippen LogP contribution in [0.4, 0.5) is 5.69 Å². The highest BCUT2D eigenvalue weighted by Gasteiger charge is 2.12. The third-order valence-electron chi connectivity index (χ3n) is 3.88. The van der Waals surface area contributed by atoms with E-state index in [0.29, 0.717) is 6.54 Å². The Bertz CT molecular complexity index is 668. The van der Waals surface area contributed by atoms with E-state index < -0.39 is 5.97 Å². The van der Waals surface area contributed by atoms with Gasteiger partial charge in [0.05, 0.1) is 12.2 Å². The Morgan fingerprint density at radius 2 is 1.95 bits per heavy atom. The van der Waals surface area contributed by atoms with Crippen LogP contribution in [0.5, 0.6) is 0 Å². The van der Waals surface area contributed by atoms with E-state index in [1.165, 1.54) is 30.0 Å². The highest BCUT2D eigenvalue weighted by atomic mass is 16.4. The highest BCUT2D eigenvalue weighted by molar-refractivity contribution is 5.85. The first-order chi connectivity index (χ1) is 10.2. The Morgan fingerprint density at radius 3 is 2.81 bits per heavy atom. The number of aryl methyl sites for hydroxylation is 1. The van der Waals surface area contributed by atoms with E-state index in [1.54, 1.807) is 6.07 Å². The molecule has 0 saturated carbocycles. The maximum absolute atomic E-state index is 10.9. The van der Waals surface area contributed by atoms with E-state index in [4.69, 9.17) is 5.11 Å². The van der Waals surface area contributed by atoms with Gasteiger partial charge in [-0.1, -0.05) is 18.2 Å². The fourth-order valence-corrected chi connectivity index (χ4v) is 2.83. The number of aromatic nitrogens is 1. The van der Waals surface area contributed by atoms with E-state index >= 15 is 0 Å². The van der Waals surface area contributed by atoms with Crippen LogP contribution < -0.4 is 5.32 Å². The van der Waals surface area contributed by atoms with Crippen LogP contribution in [0, 0.1) is 0 Å². The van der Waals surface area contributed by atoms with Crippen molar-refractivity contribution in [3.8, 4) is 0 Å². The molecule has 0 aliphatic heterocycles. The molecule has 4 nitrogen and oxygen atoms in total. The predicted molar refractivity (Wildman–Crippen MR) is 81.6 cm³/mol. The van der Waals surface area contributed by atoms with E-state index in [2.05, 4.69) is 28.5 Å². The number of benzene rings is 1. The number of carboxylic acids is 1. The van der Waals surface area contributed by atoms with Crippen LogP contribution in [0.1, 0.15) is 40.2 Å². The van der Waals surface area contributed by atoms with Gasteiger partial charge >= 0.3 is 5.97 Å². The van der Waals surface area contributed by atoms with Gasteiger partial charge in [-0.15, -0.1) is 0 Å². The summed E-state index contributed by atoms with van der Waals surface area (Å²) in [4.78, 5) is 15.1. The summed E-state index contributed by atoms with van der Waals surface area (Å²) in [6, 6.07) is 11.4. The monoisotopic (exact) mass is 282 g/mol. The lowest BCUT2D eigenvalue weighted by Gasteiger charge is -2.20. The summed E-state index contributed by atoms with van der Waals surface area (Å²) in [5.74, 6) is -0.992. The first-order valence-corrected chi connectivity index (χ1v) is 7.28. The molecule has 0 bridgehead atoms. The zero-order valence-corrected chi connectivity index (χ0v) is 11.8. The van der Waals surface area contributed by atoms with Crippen molar-refractivity contribution >= 4 is 11.7 Å². The standard InChI is InChI=1S/C17H18N2O2/c20-17(21)16-10-4-7-13(19-16)11-18-15-9-3-6-12-5-1-2-8-14(12)15/h3-4,6-7,9-10,18H,1-2,5,8,11H2,(H,20,21). The Hall–Kier alpha value is -2.36. The lowest BCUT2D eigenvalue weighted by molar-refractivity contribution is 0.0690. The fraction of sp³-hybridized carbons (Fsp3) is 0.294. The van der Waals surface area contributed by atoms with Crippen LogP contribution in [0.3, 0.4) is 0 Å². The SMILES string of the molecule is O=C(O)c1cccc(CNc2cccc3c2CCCC3)n1. The molecule has 1 heterocycles. The fourth-order valence-electron chi connectivity index (χ4n) is 2.83. The van der Waals surface area contributed by atoms with Gasteiger partial charge in [-0.2, -0.15) is 0 Å². The molecule has 1 aliphatic rings. The van der Waals surface area contributed by atoms with Crippen molar-refractivity contribution in [3.05, 3.63) is 58.9 Å². The van der Waals surface area contributed by atoms with Crippen LogP contribution in [0.2, 0.25) is 0 Å². The van der Waals surface area contributed by atoms with Gasteiger partial charge in [0.25, 0.3) is 0 Å². The molecule has 21 heavy (non-hydrogen) atoms. The Morgan fingerprint density at radius 1 is 1.14 bits per heavy atom. The maximum Gasteiger partial charge on any atom is 0.354 e. The molecular weight excluding hydrogens is 264 g/mol. The maximum atomic E-state index is 10.9. The van der Waals surface area contributed by atoms with Gasteiger partial charge in [-0.3, -0.25) is 0 Å².